The molecule has 28 heavy (non-hydrogen) atoms. The van der Waals surface area contributed by atoms with Crippen molar-refractivity contribution in [3.63, 3.8) is 0 Å². The first kappa shape index (κ1) is 19.2. The Balaban J connectivity index is 1.83. The van der Waals surface area contributed by atoms with Gasteiger partial charge in [0, 0.05) is 13.1 Å². The second-order valence-electron chi connectivity index (χ2n) is 6.15. The van der Waals surface area contributed by atoms with Crippen molar-refractivity contribution >= 4 is 11.6 Å². The van der Waals surface area contributed by atoms with Crippen LogP contribution in [0.4, 0.5) is 0 Å². The number of hydrogen-bond acceptors (Lipinski definition) is 6. The molecule has 0 heterocycles. The second-order valence-corrected chi connectivity index (χ2v) is 6.15. The highest BCUT2D eigenvalue weighted by atomic mass is 16.5. The molecule has 0 fully saturated rings. The van der Waals surface area contributed by atoms with Gasteiger partial charge in [-0.05, 0) is 11.1 Å². The molecule has 2 N–H and O–H groups in total. The monoisotopic (exact) mass is 378 g/mol. The van der Waals surface area contributed by atoms with Crippen LogP contribution in [0.25, 0.3) is 0 Å². The van der Waals surface area contributed by atoms with Gasteiger partial charge in [-0.3, -0.25) is 9.59 Å². The van der Waals surface area contributed by atoms with Crippen molar-refractivity contribution in [1.82, 2.24) is 10.6 Å². The number of ketones is 2. The zero-order chi connectivity index (χ0) is 19.9. The molecule has 144 valence electrons. The zero-order valence-corrected chi connectivity index (χ0v) is 15.8. The smallest absolute Gasteiger partial charge is 0.249 e. The zero-order valence-electron chi connectivity index (χ0n) is 15.8. The van der Waals surface area contributed by atoms with E-state index in [1.54, 1.807) is 0 Å². The summed E-state index contributed by atoms with van der Waals surface area (Å²) < 4.78 is 10.5. The third-order valence-corrected chi connectivity index (χ3v) is 4.35. The Morgan fingerprint density at radius 2 is 1.00 bits per heavy atom. The number of methoxy groups -OCH3 is 2. The second kappa shape index (κ2) is 8.90. The lowest BCUT2D eigenvalue weighted by molar-refractivity contribution is -0.121. The lowest BCUT2D eigenvalue weighted by Crippen LogP contribution is -2.37. The number of carbonyl (C=O) groups excluding carboxylic acids is 2. The van der Waals surface area contributed by atoms with Gasteiger partial charge in [0.05, 0.1) is 14.2 Å². The van der Waals surface area contributed by atoms with Crippen molar-refractivity contribution < 1.29 is 19.1 Å². The predicted octanol–water partition coefficient (Wildman–Crippen LogP) is 2.43. The minimum absolute atomic E-state index is 0.0303. The summed E-state index contributed by atoms with van der Waals surface area (Å²) in [4.78, 5) is 25.9. The first-order valence-corrected chi connectivity index (χ1v) is 8.87. The Hall–Kier alpha value is -3.54. The van der Waals surface area contributed by atoms with E-state index in [9.17, 15) is 9.59 Å². The molecule has 6 nitrogen and oxygen atoms in total. The highest BCUT2D eigenvalue weighted by Crippen LogP contribution is 2.24. The summed E-state index contributed by atoms with van der Waals surface area (Å²) in [6.45, 7) is 0.762. The largest absolute Gasteiger partial charge is 0.491 e. The Morgan fingerprint density at radius 3 is 1.32 bits per heavy atom. The lowest BCUT2D eigenvalue weighted by Gasteiger charge is -2.23. The van der Waals surface area contributed by atoms with Crippen molar-refractivity contribution in [1.29, 1.82) is 0 Å². The van der Waals surface area contributed by atoms with Crippen LogP contribution in [0.3, 0.4) is 0 Å². The number of nitrogens with one attached hydrogen (secondary N) is 2. The van der Waals surface area contributed by atoms with Crippen LogP contribution in [0.2, 0.25) is 0 Å². The van der Waals surface area contributed by atoms with E-state index in [4.69, 9.17) is 9.47 Å². The van der Waals surface area contributed by atoms with Gasteiger partial charge >= 0.3 is 0 Å². The van der Waals surface area contributed by atoms with Crippen LogP contribution >= 0.6 is 0 Å². The molecule has 0 unspecified atom stereocenters. The first-order chi connectivity index (χ1) is 13.7. The quantitative estimate of drug-likeness (QED) is 0.687. The van der Waals surface area contributed by atoms with Gasteiger partial charge in [-0.2, -0.15) is 0 Å². The van der Waals surface area contributed by atoms with Crippen LogP contribution in [-0.4, -0.2) is 25.8 Å². The summed E-state index contributed by atoms with van der Waals surface area (Å²) in [6, 6.07) is 19.1. The fourth-order valence-corrected chi connectivity index (χ4v) is 2.94. The number of carbonyl (C=O) groups is 2. The van der Waals surface area contributed by atoms with Crippen LogP contribution in [0.5, 0.6) is 0 Å². The molecule has 3 rings (SSSR count). The maximum atomic E-state index is 12.9. The number of Topliss-reactive ketones (excluding diaryl/α,β-unsaturated/α-hetero) is 2. The van der Waals surface area contributed by atoms with Gasteiger partial charge in [0.25, 0.3) is 0 Å². The minimum Gasteiger partial charge on any atom is -0.491 e. The molecular formula is C22H22N2O4. The molecule has 0 spiro atoms. The van der Waals surface area contributed by atoms with E-state index in [2.05, 4.69) is 10.6 Å². The number of rotatable bonds is 8. The molecule has 0 bridgehead atoms. The van der Waals surface area contributed by atoms with Crippen molar-refractivity contribution in [3.8, 4) is 0 Å². The van der Waals surface area contributed by atoms with Gasteiger partial charge in [-0.1, -0.05) is 60.7 Å². The molecule has 0 saturated heterocycles. The van der Waals surface area contributed by atoms with Gasteiger partial charge in [0.1, 0.15) is 11.4 Å². The molecule has 0 radical (unpaired) electrons. The van der Waals surface area contributed by atoms with E-state index in [1.807, 2.05) is 60.7 Å². The minimum atomic E-state index is -0.426. The van der Waals surface area contributed by atoms with E-state index >= 15 is 0 Å². The summed E-state index contributed by atoms with van der Waals surface area (Å²) in [6.07, 6.45) is 0. The molecule has 2 aromatic rings. The molecule has 1 aliphatic carbocycles. The first-order valence-electron chi connectivity index (χ1n) is 8.87. The average Bonchev–Trinajstić information content (AvgIpc) is 2.74. The van der Waals surface area contributed by atoms with Crippen molar-refractivity contribution in [2.24, 2.45) is 0 Å². The highest BCUT2D eigenvalue weighted by Gasteiger charge is 2.37. The molecule has 0 aliphatic heterocycles. The van der Waals surface area contributed by atoms with Crippen molar-refractivity contribution in [3.05, 3.63) is 94.7 Å². The van der Waals surface area contributed by atoms with Crippen molar-refractivity contribution in [2.75, 3.05) is 14.2 Å². The van der Waals surface area contributed by atoms with E-state index in [0.29, 0.717) is 13.1 Å². The maximum Gasteiger partial charge on any atom is 0.249 e. The Morgan fingerprint density at radius 1 is 0.643 bits per heavy atom. The number of benzene rings is 2. The Bertz CT molecular complexity index is 841. The van der Waals surface area contributed by atoms with E-state index < -0.39 is 11.6 Å². The molecule has 0 amide bonds. The lowest BCUT2D eigenvalue weighted by atomic mass is 10.0. The standard InChI is InChI=1S/C22H22N2O4/c1-27-21-17(23-13-15-9-5-3-6-10-15)20(26)22(28-2)18(19(21)25)24-14-16-11-7-4-8-12-16/h3-12,23-24H,13-14H2,1-2H3. The predicted molar refractivity (Wildman–Crippen MR) is 105 cm³/mol. The van der Waals surface area contributed by atoms with Gasteiger partial charge in [-0.15, -0.1) is 0 Å². The molecule has 0 atom stereocenters. The normalized spacial score (nSPS) is 14.2. The number of hydrogen-bond donors (Lipinski definition) is 2. The van der Waals surface area contributed by atoms with Gasteiger partial charge in [0.15, 0.2) is 11.5 Å². The van der Waals surface area contributed by atoms with E-state index in [-0.39, 0.29) is 22.9 Å². The third-order valence-electron chi connectivity index (χ3n) is 4.35. The molecule has 1 aliphatic rings. The fraction of sp³-hybridized carbons (Fsp3) is 0.182. The molecule has 0 saturated carbocycles. The molecule has 0 aromatic heterocycles. The maximum absolute atomic E-state index is 12.9. The molecular weight excluding hydrogens is 356 g/mol. The van der Waals surface area contributed by atoms with Crippen molar-refractivity contribution in [2.45, 2.75) is 13.1 Å². The average molecular weight is 378 g/mol. The topological polar surface area (TPSA) is 76.7 Å². The Labute approximate surface area is 163 Å². The van der Waals surface area contributed by atoms with Crippen LogP contribution in [0, 0.1) is 0 Å². The van der Waals surface area contributed by atoms with Gasteiger partial charge in [-0.25, -0.2) is 0 Å². The van der Waals surface area contributed by atoms with E-state index in [1.165, 1.54) is 14.2 Å². The Kier molecular flexibility index (Phi) is 6.11. The van der Waals surface area contributed by atoms with Crippen LogP contribution in [0.15, 0.2) is 83.6 Å². The van der Waals surface area contributed by atoms with Crippen LogP contribution < -0.4 is 10.6 Å². The molecule has 2 aromatic carbocycles. The summed E-state index contributed by atoms with van der Waals surface area (Å²) in [5.41, 5.74) is 2.14. The summed E-state index contributed by atoms with van der Waals surface area (Å²) in [7, 11) is 2.74. The van der Waals surface area contributed by atoms with Gasteiger partial charge in [0.2, 0.25) is 11.6 Å². The van der Waals surface area contributed by atoms with Gasteiger partial charge < -0.3 is 20.1 Å². The number of ether oxygens (including phenoxy) is 2. The third kappa shape index (κ3) is 4.06. The summed E-state index contributed by atoms with van der Waals surface area (Å²) in [5, 5.41) is 6.04. The highest BCUT2D eigenvalue weighted by molar-refractivity contribution is 6.23. The molecule has 6 heteroatoms. The van der Waals surface area contributed by atoms with Crippen LogP contribution in [-0.2, 0) is 32.2 Å². The van der Waals surface area contributed by atoms with Crippen LogP contribution in [0.1, 0.15) is 11.1 Å². The summed E-state index contributed by atoms with van der Waals surface area (Å²) in [5.74, 6) is -0.912. The SMILES string of the molecule is COC1=C(NCc2ccccc2)C(=O)C(OC)=C(NCc2ccccc2)C1=O. The fourth-order valence-electron chi connectivity index (χ4n) is 2.94. The summed E-state index contributed by atoms with van der Waals surface area (Å²) >= 11 is 0. The van der Waals surface area contributed by atoms with E-state index in [0.717, 1.165) is 11.1 Å².